The van der Waals surface area contributed by atoms with E-state index in [4.69, 9.17) is 9.15 Å². The molecular weight excluding hydrogens is 330 g/mol. The third-order valence-corrected chi connectivity index (χ3v) is 4.12. The third-order valence-electron chi connectivity index (χ3n) is 4.12. The zero-order chi connectivity index (χ0) is 18.7. The Kier molecular flexibility index (Phi) is 5.07. The van der Waals surface area contributed by atoms with E-state index in [1.165, 1.54) is 6.92 Å². The van der Waals surface area contributed by atoms with Crippen molar-refractivity contribution in [2.24, 2.45) is 0 Å². The molecule has 1 aromatic heterocycles. The number of carbonyl (C=O) groups is 2. The van der Waals surface area contributed by atoms with Crippen LogP contribution in [0.3, 0.4) is 0 Å². The highest BCUT2D eigenvalue weighted by molar-refractivity contribution is 5.98. The first-order valence-electron chi connectivity index (χ1n) is 8.55. The van der Waals surface area contributed by atoms with E-state index < -0.39 is 12.1 Å². The Balaban J connectivity index is 1.68. The molecule has 1 atom stereocenters. The summed E-state index contributed by atoms with van der Waals surface area (Å²) >= 11 is 0. The summed E-state index contributed by atoms with van der Waals surface area (Å²) in [5, 5.41) is 3.64. The van der Waals surface area contributed by atoms with Gasteiger partial charge in [-0.05, 0) is 36.6 Å². The molecule has 2 aromatic carbocycles. The molecule has 0 saturated carbocycles. The number of esters is 1. The number of anilines is 1. The van der Waals surface area contributed by atoms with Gasteiger partial charge in [0.05, 0.1) is 0 Å². The first-order chi connectivity index (χ1) is 12.5. The van der Waals surface area contributed by atoms with Gasteiger partial charge in [0.1, 0.15) is 5.58 Å². The van der Waals surface area contributed by atoms with Gasteiger partial charge in [-0.25, -0.2) is 4.79 Å². The minimum absolute atomic E-state index is 0.0773. The predicted molar refractivity (Wildman–Crippen MR) is 100 cm³/mol. The molecule has 1 amide bonds. The van der Waals surface area contributed by atoms with Crippen molar-refractivity contribution in [3.8, 4) is 0 Å². The number of carbonyl (C=O) groups excluding carboxylic acids is 2. The van der Waals surface area contributed by atoms with Crippen LogP contribution >= 0.6 is 0 Å². The maximum absolute atomic E-state index is 12.4. The Labute approximate surface area is 152 Å². The van der Waals surface area contributed by atoms with Gasteiger partial charge < -0.3 is 14.5 Å². The van der Waals surface area contributed by atoms with Crippen molar-refractivity contribution in [1.82, 2.24) is 0 Å². The highest BCUT2D eigenvalue weighted by atomic mass is 16.6. The lowest BCUT2D eigenvalue weighted by atomic mass is 10.0. The summed E-state index contributed by atoms with van der Waals surface area (Å²) in [6.07, 6.45) is -0.948. The minimum Gasteiger partial charge on any atom is -0.449 e. The van der Waals surface area contributed by atoms with E-state index in [1.807, 2.05) is 42.5 Å². The molecule has 5 heteroatoms. The van der Waals surface area contributed by atoms with Crippen molar-refractivity contribution in [3.05, 3.63) is 65.9 Å². The van der Waals surface area contributed by atoms with E-state index in [0.717, 1.165) is 16.6 Å². The lowest BCUT2D eigenvalue weighted by molar-refractivity contribution is -0.123. The Hall–Kier alpha value is -3.08. The first-order valence-corrected chi connectivity index (χ1v) is 8.55. The maximum atomic E-state index is 12.4. The number of rotatable bonds is 5. The van der Waals surface area contributed by atoms with Crippen LogP contribution in [0.2, 0.25) is 0 Å². The molecule has 3 rings (SSSR count). The van der Waals surface area contributed by atoms with Gasteiger partial charge >= 0.3 is 5.97 Å². The number of hydrogen-bond donors (Lipinski definition) is 1. The molecule has 0 radical (unpaired) electrons. The summed E-state index contributed by atoms with van der Waals surface area (Å²) in [5.41, 5.74) is 2.35. The SMILES string of the molecule is CC(C)c1ccccc1NC(=O)[C@H](C)OC(=O)c1cc2ccccc2o1. The fraction of sp³-hybridized carbons (Fsp3) is 0.238. The topological polar surface area (TPSA) is 68.5 Å². The highest BCUT2D eigenvalue weighted by Crippen LogP contribution is 2.24. The second kappa shape index (κ2) is 7.44. The lowest BCUT2D eigenvalue weighted by Crippen LogP contribution is -2.30. The summed E-state index contributed by atoms with van der Waals surface area (Å²) in [7, 11) is 0. The molecule has 0 fully saturated rings. The molecule has 0 aliphatic carbocycles. The van der Waals surface area contributed by atoms with Crippen molar-refractivity contribution < 1.29 is 18.7 Å². The van der Waals surface area contributed by atoms with Crippen LogP contribution in [-0.2, 0) is 9.53 Å². The molecule has 0 bridgehead atoms. The van der Waals surface area contributed by atoms with Crippen LogP contribution in [0, 0.1) is 0 Å². The normalized spacial score (nSPS) is 12.2. The van der Waals surface area contributed by atoms with Crippen molar-refractivity contribution in [2.45, 2.75) is 32.8 Å². The summed E-state index contributed by atoms with van der Waals surface area (Å²) in [6.45, 7) is 5.64. The maximum Gasteiger partial charge on any atom is 0.375 e. The molecule has 1 heterocycles. The molecule has 0 saturated heterocycles. The Morgan fingerprint density at radius 1 is 1.00 bits per heavy atom. The minimum atomic E-state index is -0.948. The summed E-state index contributed by atoms with van der Waals surface area (Å²) < 4.78 is 10.7. The molecule has 0 aliphatic heterocycles. The second-order valence-electron chi connectivity index (χ2n) is 6.43. The van der Waals surface area contributed by atoms with Crippen LogP contribution in [0.4, 0.5) is 5.69 Å². The van der Waals surface area contributed by atoms with Gasteiger partial charge in [0.15, 0.2) is 6.10 Å². The highest BCUT2D eigenvalue weighted by Gasteiger charge is 2.22. The Morgan fingerprint density at radius 3 is 2.42 bits per heavy atom. The van der Waals surface area contributed by atoms with Gasteiger partial charge in [0, 0.05) is 11.1 Å². The molecule has 0 unspecified atom stereocenters. The lowest BCUT2D eigenvalue weighted by Gasteiger charge is -2.16. The smallest absolute Gasteiger partial charge is 0.375 e. The molecule has 26 heavy (non-hydrogen) atoms. The predicted octanol–water partition coefficient (Wildman–Crippen LogP) is 4.74. The van der Waals surface area contributed by atoms with Crippen LogP contribution < -0.4 is 5.32 Å². The summed E-state index contributed by atoms with van der Waals surface area (Å²) in [6, 6.07) is 16.5. The number of ether oxygens (including phenoxy) is 1. The molecule has 1 N–H and O–H groups in total. The fourth-order valence-corrected chi connectivity index (χ4v) is 2.70. The summed E-state index contributed by atoms with van der Waals surface area (Å²) in [4.78, 5) is 24.7. The monoisotopic (exact) mass is 351 g/mol. The largest absolute Gasteiger partial charge is 0.449 e. The van der Waals surface area contributed by atoms with Crippen LogP contribution in [0.5, 0.6) is 0 Å². The molecule has 5 nitrogen and oxygen atoms in total. The summed E-state index contributed by atoms with van der Waals surface area (Å²) in [5.74, 6) is -0.711. The van der Waals surface area contributed by atoms with Crippen molar-refractivity contribution in [3.63, 3.8) is 0 Å². The molecule has 3 aromatic rings. The number of para-hydroxylation sites is 2. The van der Waals surface area contributed by atoms with E-state index in [0.29, 0.717) is 5.58 Å². The molecular formula is C21H21NO4. The van der Waals surface area contributed by atoms with Crippen molar-refractivity contribution >= 4 is 28.5 Å². The number of furan rings is 1. The van der Waals surface area contributed by atoms with Crippen molar-refractivity contribution in [2.75, 3.05) is 5.32 Å². The van der Waals surface area contributed by atoms with Crippen LogP contribution in [0.25, 0.3) is 11.0 Å². The van der Waals surface area contributed by atoms with Gasteiger partial charge in [-0.15, -0.1) is 0 Å². The van der Waals surface area contributed by atoms with Gasteiger partial charge in [-0.1, -0.05) is 50.2 Å². The average Bonchev–Trinajstić information content (AvgIpc) is 3.06. The van der Waals surface area contributed by atoms with Crippen molar-refractivity contribution in [1.29, 1.82) is 0 Å². The fourth-order valence-electron chi connectivity index (χ4n) is 2.70. The number of hydrogen-bond acceptors (Lipinski definition) is 4. The van der Waals surface area contributed by atoms with Gasteiger partial charge in [-0.2, -0.15) is 0 Å². The zero-order valence-electron chi connectivity index (χ0n) is 15.0. The second-order valence-corrected chi connectivity index (χ2v) is 6.43. The molecule has 134 valence electrons. The van der Waals surface area contributed by atoms with E-state index in [2.05, 4.69) is 19.2 Å². The van der Waals surface area contributed by atoms with Gasteiger partial charge in [-0.3, -0.25) is 4.79 Å². The Bertz CT molecular complexity index is 909. The van der Waals surface area contributed by atoms with Crippen LogP contribution in [0.15, 0.2) is 59.0 Å². The average molecular weight is 351 g/mol. The quantitative estimate of drug-likeness (QED) is 0.674. The van der Waals surface area contributed by atoms with Gasteiger partial charge in [0.25, 0.3) is 5.91 Å². The first kappa shape index (κ1) is 17.7. The van der Waals surface area contributed by atoms with Crippen LogP contribution in [0.1, 0.15) is 42.8 Å². The molecule has 0 spiro atoms. The van der Waals surface area contributed by atoms with E-state index in [9.17, 15) is 9.59 Å². The van der Waals surface area contributed by atoms with Gasteiger partial charge in [0.2, 0.25) is 5.76 Å². The Morgan fingerprint density at radius 2 is 1.69 bits per heavy atom. The van der Waals surface area contributed by atoms with E-state index >= 15 is 0 Å². The third kappa shape index (κ3) is 3.77. The standard InChI is InChI=1S/C21H21NO4/c1-13(2)16-9-5-6-10-17(16)22-20(23)14(3)25-21(24)19-12-15-8-4-7-11-18(15)26-19/h4-14H,1-3H3,(H,22,23)/t14-/m0/s1. The van der Waals surface area contributed by atoms with E-state index in [1.54, 1.807) is 12.1 Å². The van der Waals surface area contributed by atoms with E-state index in [-0.39, 0.29) is 17.6 Å². The molecule has 0 aliphatic rings. The number of fused-ring (bicyclic) bond motifs is 1. The number of benzene rings is 2. The van der Waals surface area contributed by atoms with Crippen LogP contribution in [-0.4, -0.2) is 18.0 Å². The zero-order valence-corrected chi connectivity index (χ0v) is 15.0. The number of amides is 1. The number of nitrogens with one attached hydrogen (secondary N) is 1.